The van der Waals surface area contributed by atoms with E-state index in [1.165, 1.54) is 109 Å². The van der Waals surface area contributed by atoms with E-state index in [1.807, 2.05) is 6.08 Å². The Labute approximate surface area is 386 Å². The molecule has 0 aliphatic carbocycles. The fourth-order valence-electron chi connectivity index (χ4n) is 8.40. The molecule has 0 aromatic rings. The number of amides is 1. The molecule has 376 valence electrons. The zero-order chi connectivity index (χ0) is 46.8. The molecule has 0 aromatic carbocycles. The number of aliphatic hydroxyl groups excluding tert-OH is 8. The molecule has 12 unspecified atom stereocenters. The van der Waals surface area contributed by atoms with Crippen molar-refractivity contribution in [2.24, 2.45) is 0 Å². The van der Waals surface area contributed by atoms with Crippen molar-refractivity contribution in [3.8, 4) is 0 Å². The molecule has 2 heterocycles. The first-order valence-corrected chi connectivity index (χ1v) is 25.6. The lowest BCUT2D eigenvalue weighted by atomic mass is 9.97. The third-order valence-corrected chi connectivity index (χ3v) is 12.6. The maximum absolute atomic E-state index is 13.2. The van der Waals surface area contributed by atoms with E-state index >= 15 is 0 Å². The van der Waals surface area contributed by atoms with Crippen molar-refractivity contribution >= 4 is 5.91 Å². The fourth-order valence-corrected chi connectivity index (χ4v) is 8.40. The van der Waals surface area contributed by atoms with Crippen LogP contribution >= 0.6 is 0 Å². The predicted octanol–water partition coefficient (Wildman–Crippen LogP) is 6.55. The quantitative estimate of drug-likeness (QED) is 0.0236. The molecule has 64 heavy (non-hydrogen) atoms. The van der Waals surface area contributed by atoms with Crippen LogP contribution in [0.15, 0.2) is 24.3 Å². The van der Waals surface area contributed by atoms with Crippen LogP contribution in [-0.4, -0.2) is 140 Å². The van der Waals surface area contributed by atoms with Crippen LogP contribution in [0.4, 0.5) is 0 Å². The summed E-state index contributed by atoms with van der Waals surface area (Å²) in [5.74, 6) is -0.248. The number of unbranched alkanes of at least 4 members (excludes halogenated alkanes) is 24. The molecule has 9 N–H and O–H groups in total. The minimum absolute atomic E-state index is 0.248. The Hall–Kier alpha value is -1.53. The van der Waals surface area contributed by atoms with E-state index in [4.69, 9.17) is 18.9 Å². The predicted molar refractivity (Wildman–Crippen MR) is 249 cm³/mol. The van der Waals surface area contributed by atoms with Crippen molar-refractivity contribution in [2.45, 2.75) is 267 Å². The van der Waals surface area contributed by atoms with Gasteiger partial charge in [0.2, 0.25) is 5.91 Å². The summed E-state index contributed by atoms with van der Waals surface area (Å²) in [6.45, 7) is 2.77. The summed E-state index contributed by atoms with van der Waals surface area (Å²) in [4.78, 5) is 13.2. The van der Waals surface area contributed by atoms with E-state index in [0.29, 0.717) is 6.42 Å². The van der Waals surface area contributed by atoms with E-state index < -0.39 is 86.8 Å². The van der Waals surface area contributed by atoms with Crippen molar-refractivity contribution in [3.05, 3.63) is 24.3 Å². The molecule has 1 amide bonds. The summed E-state index contributed by atoms with van der Waals surface area (Å²) in [5, 5.41) is 86.7. The number of rotatable bonds is 39. The Kier molecular flexibility index (Phi) is 34.3. The number of hydrogen-bond acceptors (Lipinski definition) is 13. The van der Waals surface area contributed by atoms with Gasteiger partial charge in [0.1, 0.15) is 48.8 Å². The molecule has 2 rings (SSSR count). The second-order valence-electron chi connectivity index (χ2n) is 18.3. The Morgan fingerprint density at radius 3 is 1.48 bits per heavy atom. The lowest BCUT2D eigenvalue weighted by molar-refractivity contribution is -0.359. The first-order chi connectivity index (χ1) is 31.1. The summed E-state index contributed by atoms with van der Waals surface area (Å²) in [5.41, 5.74) is 0. The molecule has 2 fully saturated rings. The van der Waals surface area contributed by atoms with Gasteiger partial charge in [0, 0.05) is 6.42 Å². The van der Waals surface area contributed by atoms with E-state index in [0.717, 1.165) is 57.8 Å². The van der Waals surface area contributed by atoms with Crippen LogP contribution in [-0.2, 0) is 23.7 Å². The van der Waals surface area contributed by atoms with Gasteiger partial charge in [-0.25, -0.2) is 0 Å². The highest BCUT2D eigenvalue weighted by Crippen LogP contribution is 2.30. The Morgan fingerprint density at radius 1 is 0.547 bits per heavy atom. The molecule has 0 aromatic heterocycles. The number of nitrogens with one attached hydrogen (secondary N) is 1. The molecule has 0 bridgehead atoms. The Morgan fingerprint density at radius 2 is 0.984 bits per heavy atom. The second-order valence-corrected chi connectivity index (χ2v) is 18.3. The third-order valence-electron chi connectivity index (χ3n) is 12.6. The van der Waals surface area contributed by atoms with Crippen LogP contribution in [0.5, 0.6) is 0 Å². The highest BCUT2D eigenvalue weighted by atomic mass is 16.7. The number of carbonyl (C=O) groups excluding carboxylic acids is 1. The zero-order valence-electron chi connectivity index (χ0n) is 39.8. The Balaban J connectivity index is 1.86. The maximum Gasteiger partial charge on any atom is 0.220 e. The van der Waals surface area contributed by atoms with Crippen LogP contribution in [0.25, 0.3) is 0 Å². The minimum atomic E-state index is -1.79. The van der Waals surface area contributed by atoms with E-state index in [1.54, 1.807) is 6.08 Å². The number of carbonyl (C=O) groups is 1. The molecule has 0 radical (unpaired) electrons. The van der Waals surface area contributed by atoms with Gasteiger partial charge < -0.3 is 65.1 Å². The van der Waals surface area contributed by atoms with E-state index in [-0.39, 0.29) is 18.9 Å². The molecular weight excluding hydrogens is 823 g/mol. The fraction of sp³-hybridized carbons (Fsp3) is 0.900. The monoisotopic (exact) mass is 916 g/mol. The summed E-state index contributed by atoms with van der Waals surface area (Å²) < 4.78 is 22.7. The standard InChI is InChI=1S/C50H93NO13/c1-3-5-7-9-11-13-15-17-19-20-22-24-26-28-30-32-34-42(55)51-38(39(54)33-31-29-27-25-23-21-18-16-14-12-10-8-6-4-2)37-61-49-47(60)45(58)48(41(36-53)63-49)64-50-46(59)44(57)43(56)40(35-52)62-50/h19-20,31,33,38-41,43-50,52-54,56-60H,3-18,21-30,32,34-37H2,1-2H3,(H,51,55)/b20-19-,33-31+. The van der Waals surface area contributed by atoms with E-state index in [9.17, 15) is 45.6 Å². The molecule has 2 aliphatic heterocycles. The normalized spacial score (nSPS) is 27.4. The second kappa shape index (κ2) is 37.5. The van der Waals surface area contributed by atoms with Gasteiger partial charge in [0.25, 0.3) is 0 Å². The molecular formula is C50H93NO13. The van der Waals surface area contributed by atoms with Crippen LogP contribution in [0.3, 0.4) is 0 Å². The van der Waals surface area contributed by atoms with Gasteiger partial charge in [0.15, 0.2) is 12.6 Å². The maximum atomic E-state index is 13.2. The van der Waals surface area contributed by atoms with Gasteiger partial charge >= 0.3 is 0 Å². The van der Waals surface area contributed by atoms with Crippen LogP contribution in [0.1, 0.15) is 194 Å². The molecule has 2 saturated heterocycles. The van der Waals surface area contributed by atoms with Crippen molar-refractivity contribution in [1.82, 2.24) is 5.32 Å². The first kappa shape index (κ1) is 58.6. The average Bonchev–Trinajstić information content (AvgIpc) is 3.29. The van der Waals surface area contributed by atoms with Gasteiger partial charge in [-0.3, -0.25) is 4.79 Å². The van der Waals surface area contributed by atoms with Gasteiger partial charge in [0.05, 0.1) is 32.0 Å². The molecule has 2 aliphatic rings. The minimum Gasteiger partial charge on any atom is -0.394 e. The highest BCUT2D eigenvalue weighted by molar-refractivity contribution is 5.76. The number of allylic oxidation sites excluding steroid dienone is 3. The van der Waals surface area contributed by atoms with Crippen molar-refractivity contribution < 1.29 is 64.6 Å². The van der Waals surface area contributed by atoms with Crippen LogP contribution in [0.2, 0.25) is 0 Å². The lowest BCUT2D eigenvalue weighted by Crippen LogP contribution is -2.65. The molecule has 12 atom stereocenters. The average molecular weight is 916 g/mol. The SMILES string of the molecule is CCCCCCCCC/C=C\CCCCCCCC(=O)NC(COC1OC(CO)C(OC2OC(CO)C(O)C(O)C2O)C(O)C1O)C(O)/C=C/CCCCCCCCCCCCCC. The highest BCUT2D eigenvalue weighted by Gasteiger charge is 2.51. The summed E-state index contributed by atoms with van der Waals surface area (Å²) in [6, 6.07) is -0.915. The van der Waals surface area contributed by atoms with Crippen LogP contribution < -0.4 is 5.32 Å². The summed E-state index contributed by atoms with van der Waals surface area (Å²) in [6.07, 6.45) is 23.5. The van der Waals surface area contributed by atoms with Crippen molar-refractivity contribution in [1.29, 1.82) is 0 Å². The van der Waals surface area contributed by atoms with Crippen molar-refractivity contribution in [3.63, 3.8) is 0 Å². The molecule has 14 heteroatoms. The summed E-state index contributed by atoms with van der Waals surface area (Å²) >= 11 is 0. The number of ether oxygens (including phenoxy) is 4. The third kappa shape index (κ3) is 24.5. The van der Waals surface area contributed by atoms with Gasteiger partial charge in [-0.2, -0.15) is 0 Å². The molecule has 14 nitrogen and oxygen atoms in total. The molecule has 0 saturated carbocycles. The van der Waals surface area contributed by atoms with Crippen LogP contribution in [0, 0.1) is 0 Å². The van der Waals surface area contributed by atoms with E-state index in [2.05, 4.69) is 31.3 Å². The smallest absolute Gasteiger partial charge is 0.220 e. The van der Waals surface area contributed by atoms with Gasteiger partial charge in [-0.15, -0.1) is 0 Å². The topological polar surface area (TPSA) is 228 Å². The molecule has 0 spiro atoms. The number of hydrogen-bond donors (Lipinski definition) is 9. The first-order valence-electron chi connectivity index (χ1n) is 25.6. The van der Waals surface area contributed by atoms with Crippen molar-refractivity contribution in [2.75, 3.05) is 19.8 Å². The summed E-state index contributed by atoms with van der Waals surface area (Å²) in [7, 11) is 0. The number of aliphatic hydroxyl groups is 8. The van der Waals surface area contributed by atoms with Gasteiger partial charge in [-0.1, -0.05) is 167 Å². The van der Waals surface area contributed by atoms with Gasteiger partial charge in [-0.05, 0) is 44.9 Å². The largest absolute Gasteiger partial charge is 0.394 e. The Bertz CT molecular complexity index is 1170. The zero-order valence-corrected chi connectivity index (χ0v) is 39.8. The lowest BCUT2D eigenvalue weighted by Gasteiger charge is -2.46.